The van der Waals surface area contributed by atoms with Gasteiger partial charge in [-0.1, -0.05) is 23.1 Å². The van der Waals surface area contributed by atoms with Gasteiger partial charge in [0.1, 0.15) is 0 Å². The molecule has 0 unspecified atom stereocenters. The summed E-state index contributed by atoms with van der Waals surface area (Å²) in [4.78, 5) is 12.0. The van der Waals surface area contributed by atoms with Crippen LogP contribution in [0.5, 0.6) is 11.5 Å². The number of rotatable bonds is 8. The van der Waals surface area contributed by atoms with E-state index in [1.807, 2.05) is 6.26 Å². The molecule has 0 saturated carbocycles. The lowest BCUT2D eigenvalue weighted by Gasteiger charge is -2.22. The molecule has 1 aliphatic heterocycles. The zero-order valence-corrected chi connectivity index (χ0v) is 17.1. The van der Waals surface area contributed by atoms with Crippen molar-refractivity contribution in [1.82, 2.24) is 10.2 Å². The molecule has 0 spiro atoms. The number of ether oxygens (including phenoxy) is 2. The number of carbonyl (C=O) groups is 1. The number of hydrogen-bond acceptors (Lipinski definition) is 9. The van der Waals surface area contributed by atoms with Crippen molar-refractivity contribution in [2.24, 2.45) is 0 Å². The Morgan fingerprint density at radius 3 is 2.81 bits per heavy atom. The van der Waals surface area contributed by atoms with Gasteiger partial charge in [0.05, 0.1) is 11.9 Å². The Morgan fingerprint density at radius 2 is 2.11 bits per heavy atom. The molecule has 2 aromatic rings. The molecule has 27 heavy (non-hydrogen) atoms. The maximum Gasteiger partial charge on any atom is 0.232 e. The van der Waals surface area contributed by atoms with Crippen molar-refractivity contribution in [3.8, 4) is 11.5 Å². The van der Waals surface area contributed by atoms with Gasteiger partial charge < -0.3 is 14.8 Å². The first-order chi connectivity index (χ1) is 12.9. The molecule has 12 heteroatoms. The van der Waals surface area contributed by atoms with Gasteiger partial charge in [0.25, 0.3) is 0 Å². The predicted octanol–water partition coefficient (Wildman–Crippen LogP) is 2.17. The molecule has 1 amide bonds. The van der Waals surface area contributed by atoms with Gasteiger partial charge in [-0.15, -0.1) is 10.2 Å². The fraction of sp³-hybridized carbons (Fsp3) is 0.400. The summed E-state index contributed by atoms with van der Waals surface area (Å²) in [5.41, 5.74) is 0.468. The summed E-state index contributed by atoms with van der Waals surface area (Å²) in [5, 5.41) is 10.9. The predicted molar refractivity (Wildman–Crippen MR) is 104 cm³/mol. The summed E-state index contributed by atoms with van der Waals surface area (Å²) in [6.07, 6.45) is 3.51. The van der Waals surface area contributed by atoms with E-state index in [9.17, 15) is 13.2 Å². The number of carbonyl (C=O) groups excluding carboxylic acids is 1. The van der Waals surface area contributed by atoms with Crippen molar-refractivity contribution in [2.75, 3.05) is 35.5 Å². The zero-order chi connectivity index (χ0) is 19.4. The average molecular weight is 431 g/mol. The zero-order valence-electron chi connectivity index (χ0n) is 14.7. The van der Waals surface area contributed by atoms with Gasteiger partial charge in [-0.05, 0) is 24.8 Å². The standard InChI is InChI=1S/C15H18N4O5S3/c1-25-15-18-17-14(26-15)16-13(20)4-3-7-19(27(2,21)22)10-5-6-11-12(8-10)24-9-23-11/h5-6,8H,3-4,7,9H2,1-2H3,(H,16,17,20). The second-order valence-electron chi connectivity index (χ2n) is 5.60. The lowest BCUT2D eigenvalue weighted by atomic mass is 10.2. The molecule has 0 bridgehead atoms. The minimum absolute atomic E-state index is 0.113. The Balaban J connectivity index is 1.60. The largest absolute Gasteiger partial charge is 0.454 e. The van der Waals surface area contributed by atoms with Gasteiger partial charge in [0, 0.05) is 19.0 Å². The molecule has 146 valence electrons. The van der Waals surface area contributed by atoms with E-state index >= 15 is 0 Å². The van der Waals surface area contributed by atoms with E-state index in [4.69, 9.17) is 9.47 Å². The quantitative estimate of drug-likeness (QED) is 0.501. The fourth-order valence-corrected chi connectivity index (χ4v) is 4.58. The molecule has 1 aromatic heterocycles. The van der Waals surface area contributed by atoms with E-state index in [0.717, 1.165) is 10.6 Å². The number of hydrogen-bond donors (Lipinski definition) is 1. The SMILES string of the molecule is CSc1nnc(NC(=O)CCCN(c2ccc3c(c2)OCO3)S(C)(=O)=O)s1. The van der Waals surface area contributed by atoms with E-state index in [0.29, 0.717) is 28.7 Å². The molecule has 0 atom stereocenters. The van der Waals surface area contributed by atoms with Crippen LogP contribution in [0.4, 0.5) is 10.8 Å². The smallest absolute Gasteiger partial charge is 0.232 e. The van der Waals surface area contributed by atoms with Crippen LogP contribution in [-0.2, 0) is 14.8 Å². The van der Waals surface area contributed by atoms with Crippen molar-refractivity contribution in [1.29, 1.82) is 0 Å². The van der Waals surface area contributed by atoms with Crippen LogP contribution >= 0.6 is 23.1 Å². The number of sulfonamides is 1. The third kappa shape index (κ3) is 5.02. The highest BCUT2D eigenvalue weighted by Gasteiger charge is 2.21. The molecule has 2 heterocycles. The monoisotopic (exact) mass is 430 g/mol. The lowest BCUT2D eigenvalue weighted by Crippen LogP contribution is -2.31. The van der Waals surface area contributed by atoms with Gasteiger partial charge in [-0.3, -0.25) is 9.10 Å². The highest BCUT2D eigenvalue weighted by Crippen LogP contribution is 2.36. The average Bonchev–Trinajstić information content (AvgIpc) is 3.25. The Kier molecular flexibility index (Phi) is 6.07. The topological polar surface area (TPSA) is 111 Å². The molecule has 3 rings (SSSR count). The van der Waals surface area contributed by atoms with Crippen LogP contribution in [-0.4, -0.2) is 50.4 Å². The first kappa shape index (κ1) is 19.7. The number of nitrogens with one attached hydrogen (secondary N) is 1. The molecule has 1 N–H and O–H groups in total. The van der Waals surface area contributed by atoms with Gasteiger partial charge in [-0.25, -0.2) is 8.42 Å². The first-order valence-electron chi connectivity index (χ1n) is 7.91. The van der Waals surface area contributed by atoms with Crippen LogP contribution in [0.15, 0.2) is 22.5 Å². The van der Waals surface area contributed by atoms with Crippen LogP contribution in [0, 0.1) is 0 Å². The molecule has 0 aliphatic carbocycles. The summed E-state index contributed by atoms with van der Waals surface area (Å²) < 4.78 is 36.9. The summed E-state index contributed by atoms with van der Waals surface area (Å²) in [6, 6.07) is 4.94. The van der Waals surface area contributed by atoms with Crippen molar-refractivity contribution in [2.45, 2.75) is 17.2 Å². The van der Waals surface area contributed by atoms with Crippen molar-refractivity contribution >= 4 is 49.8 Å². The second-order valence-corrected chi connectivity index (χ2v) is 9.54. The van der Waals surface area contributed by atoms with Crippen LogP contribution in [0.25, 0.3) is 0 Å². The number of amides is 1. The van der Waals surface area contributed by atoms with Crippen LogP contribution < -0.4 is 19.1 Å². The second kappa shape index (κ2) is 8.31. The third-order valence-corrected chi connectivity index (χ3v) is 6.65. The highest BCUT2D eigenvalue weighted by molar-refractivity contribution is 8.00. The molecule has 0 fully saturated rings. The van der Waals surface area contributed by atoms with Gasteiger partial charge >= 0.3 is 0 Å². The number of thioether (sulfide) groups is 1. The number of aromatic nitrogens is 2. The van der Waals surface area contributed by atoms with E-state index < -0.39 is 10.0 Å². The van der Waals surface area contributed by atoms with Crippen LogP contribution in [0.1, 0.15) is 12.8 Å². The minimum atomic E-state index is -3.51. The van der Waals surface area contributed by atoms with Gasteiger partial charge in [0.15, 0.2) is 15.8 Å². The molecular weight excluding hydrogens is 412 g/mol. The fourth-order valence-electron chi connectivity index (χ4n) is 2.43. The minimum Gasteiger partial charge on any atom is -0.454 e. The van der Waals surface area contributed by atoms with Crippen LogP contribution in [0.2, 0.25) is 0 Å². The van der Waals surface area contributed by atoms with E-state index in [1.54, 1.807) is 18.2 Å². The molecular formula is C15H18N4O5S3. The molecule has 0 saturated heterocycles. The molecule has 1 aliphatic rings. The van der Waals surface area contributed by atoms with E-state index in [1.165, 1.54) is 27.4 Å². The van der Waals surface area contributed by atoms with Gasteiger partial charge in [-0.2, -0.15) is 0 Å². The normalized spacial score (nSPS) is 12.8. The van der Waals surface area contributed by atoms with Crippen molar-refractivity contribution < 1.29 is 22.7 Å². The molecule has 0 radical (unpaired) electrons. The summed E-state index contributed by atoms with van der Waals surface area (Å²) >= 11 is 2.74. The Morgan fingerprint density at radius 1 is 1.33 bits per heavy atom. The van der Waals surface area contributed by atoms with Crippen molar-refractivity contribution in [3.05, 3.63) is 18.2 Å². The summed E-state index contributed by atoms with van der Waals surface area (Å²) in [6.45, 7) is 0.278. The maximum absolute atomic E-state index is 12.2. The highest BCUT2D eigenvalue weighted by atomic mass is 32.2. The van der Waals surface area contributed by atoms with Crippen LogP contribution in [0.3, 0.4) is 0 Å². The first-order valence-corrected chi connectivity index (χ1v) is 11.8. The Labute approximate surface area is 165 Å². The van der Waals surface area contributed by atoms with Gasteiger partial charge in [0.2, 0.25) is 27.9 Å². The van der Waals surface area contributed by atoms with E-state index in [-0.39, 0.29) is 25.7 Å². The molecule has 9 nitrogen and oxygen atoms in total. The Hall–Kier alpha value is -2.05. The number of anilines is 2. The van der Waals surface area contributed by atoms with Crippen molar-refractivity contribution in [3.63, 3.8) is 0 Å². The maximum atomic E-state index is 12.2. The summed E-state index contributed by atoms with van der Waals surface area (Å²) in [5.74, 6) is 0.839. The summed E-state index contributed by atoms with van der Waals surface area (Å²) in [7, 11) is -3.51. The lowest BCUT2D eigenvalue weighted by molar-refractivity contribution is -0.116. The number of fused-ring (bicyclic) bond motifs is 1. The number of nitrogens with zero attached hydrogens (tertiary/aromatic N) is 3. The Bertz CT molecular complexity index is 931. The third-order valence-electron chi connectivity index (χ3n) is 3.64. The van der Waals surface area contributed by atoms with E-state index in [2.05, 4.69) is 15.5 Å². The number of benzene rings is 1. The molecule has 1 aromatic carbocycles.